The van der Waals surface area contributed by atoms with Crippen LogP contribution in [-0.4, -0.2) is 81.2 Å². The lowest BCUT2D eigenvalue weighted by Crippen LogP contribution is -2.64. The van der Waals surface area contributed by atoms with Gasteiger partial charge in [0.1, 0.15) is 48.8 Å². The molecule has 2 fully saturated rings. The summed E-state index contributed by atoms with van der Waals surface area (Å²) in [6, 6.07) is 70.4. The topological polar surface area (TPSA) is 102 Å². The lowest BCUT2D eigenvalue weighted by Gasteiger charge is -2.48. The Hall–Kier alpha value is -6.16. The first-order valence-electron chi connectivity index (χ1n) is 25.9. The molecule has 7 aromatic carbocycles. The van der Waals surface area contributed by atoms with Crippen molar-refractivity contribution in [2.75, 3.05) is 19.8 Å². The molecule has 0 amide bonds. The molecule has 10 atom stereocenters. The first-order chi connectivity index (χ1) is 37.2. The predicted molar refractivity (Wildman–Crippen MR) is 286 cm³/mol. The highest BCUT2D eigenvalue weighted by molar-refractivity contribution is 5.19. The molecule has 0 bridgehead atoms. The maximum atomic E-state index is 7.12. The number of rotatable bonds is 28. The molecule has 2 saturated heterocycles. The fourth-order valence-electron chi connectivity index (χ4n) is 9.25. The zero-order chi connectivity index (χ0) is 51.1. The Kier molecular flexibility index (Phi) is 20.9. The highest BCUT2D eigenvalue weighted by Gasteiger charge is 2.52. The van der Waals surface area contributed by atoms with Crippen molar-refractivity contribution in [3.8, 4) is 0 Å². The van der Waals surface area contributed by atoms with E-state index in [0.29, 0.717) is 13.2 Å². The van der Waals surface area contributed by atoms with Crippen LogP contribution in [0, 0.1) is 0 Å². The maximum Gasteiger partial charge on any atom is 0.187 e. The van der Waals surface area contributed by atoms with Gasteiger partial charge in [-0.1, -0.05) is 218 Å². The van der Waals surface area contributed by atoms with Crippen LogP contribution in [0.3, 0.4) is 0 Å². The van der Waals surface area contributed by atoms with Crippen molar-refractivity contribution in [3.05, 3.63) is 264 Å². The molecule has 0 spiro atoms. The summed E-state index contributed by atoms with van der Waals surface area (Å²) < 4.78 is 75.9. The predicted octanol–water partition coefficient (Wildman–Crippen LogP) is 11.4. The van der Waals surface area contributed by atoms with Gasteiger partial charge in [-0.2, -0.15) is 0 Å². The van der Waals surface area contributed by atoms with E-state index >= 15 is 0 Å². The van der Waals surface area contributed by atoms with Crippen LogP contribution in [0.5, 0.6) is 0 Å². The van der Waals surface area contributed by atoms with Crippen molar-refractivity contribution in [2.45, 2.75) is 108 Å². The molecule has 0 radical (unpaired) electrons. The van der Waals surface area contributed by atoms with Crippen molar-refractivity contribution in [1.82, 2.24) is 0 Å². The van der Waals surface area contributed by atoms with E-state index in [9.17, 15) is 0 Å². The molecule has 390 valence electrons. The van der Waals surface area contributed by atoms with Gasteiger partial charge in [0.05, 0.1) is 66.1 Å². The van der Waals surface area contributed by atoms with Crippen molar-refractivity contribution in [2.24, 2.45) is 0 Å². The molecule has 0 N–H and O–H groups in total. The van der Waals surface area contributed by atoms with E-state index in [2.05, 4.69) is 6.58 Å². The van der Waals surface area contributed by atoms with Crippen LogP contribution in [-0.2, 0) is 98.4 Å². The van der Waals surface area contributed by atoms with Gasteiger partial charge in [0.15, 0.2) is 12.6 Å². The Balaban J connectivity index is 1.06. The third-order valence-corrected chi connectivity index (χ3v) is 13.1. The zero-order valence-electron chi connectivity index (χ0n) is 42.3. The normalized spacial score (nSPS) is 23.6. The molecular formula is C64H68O11. The number of hydrogen-bond acceptors (Lipinski definition) is 11. The minimum Gasteiger partial charge on any atom is -0.374 e. The van der Waals surface area contributed by atoms with Gasteiger partial charge in [0, 0.05) is 0 Å². The standard InChI is InChI=1S/C64H68O11/c1-2-38-66-63-61(71-44-53-34-20-8-21-35-53)60(70-43-52-32-18-7-19-33-52)58(68-41-50-28-14-5-15-29-50)56(75-63)47-73-64-62(72-45-54-36-22-9-23-37-54)59(69-42-51-30-16-6-17-31-51)57(67-40-49-26-12-4-13-27-49)55(74-64)46-65-39-48-24-10-3-11-25-48/h2-37,55-64H,1,38-47H2/t55-,56-,57-,58-,59+,60+,61-,62+,63?,64?/m1/s1. The summed E-state index contributed by atoms with van der Waals surface area (Å²) in [5.41, 5.74) is 6.96. The first-order valence-corrected chi connectivity index (χ1v) is 25.9. The summed E-state index contributed by atoms with van der Waals surface area (Å²) in [5, 5.41) is 0. The molecular weight excluding hydrogens is 945 g/mol. The smallest absolute Gasteiger partial charge is 0.187 e. The van der Waals surface area contributed by atoms with Gasteiger partial charge in [-0.05, 0) is 38.9 Å². The molecule has 2 aliphatic heterocycles. The monoisotopic (exact) mass is 1010 g/mol. The van der Waals surface area contributed by atoms with E-state index in [1.807, 2.05) is 212 Å². The molecule has 0 aromatic heterocycles. The Morgan fingerprint density at radius 1 is 0.293 bits per heavy atom. The summed E-state index contributed by atoms with van der Waals surface area (Å²) in [7, 11) is 0. The molecule has 0 saturated carbocycles. The van der Waals surface area contributed by atoms with Gasteiger partial charge in [-0.3, -0.25) is 0 Å². The van der Waals surface area contributed by atoms with Crippen molar-refractivity contribution < 1.29 is 52.1 Å². The van der Waals surface area contributed by atoms with Crippen LogP contribution in [0.1, 0.15) is 38.9 Å². The number of ether oxygens (including phenoxy) is 11. The summed E-state index contributed by atoms with van der Waals surface area (Å²) in [5.74, 6) is 0. The lowest BCUT2D eigenvalue weighted by molar-refractivity contribution is -0.352. The number of hydrogen-bond donors (Lipinski definition) is 0. The Morgan fingerprint density at radius 2 is 0.560 bits per heavy atom. The second kappa shape index (κ2) is 29.2. The summed E-state index contributed by atoms with van der Waals surface area (Å²) in [4.78, 5) is 0. The molecule has 0 aliphatic carbocycles. The molecule has 75 heavy (non-hydrogen) atoms. The molecule has 9 rings (SSSR count). The SMILES string of the molecule is C=CCOC1O[C@H](COC2O[C@H](COCc3ccccc3)[C@@H](OCc3ccccc3)[C@H](OCc3ccccc3)[C@@H]2OCc2ccccc2)[C@@H](OCc2ccccc2)[C@H](OCc2ccccc2)[C@H]1OCc1ccccc1. The van der Waals surface area contributed by atoms with Crippen molar-refractivity contribution in [3.63, 3.8) is 0 Å². The maximum absolute atomic E-state index is 7.12. The fraction of sp³-hybridized carbons (Fsp3) is 0.312. The minimum atomic E-state index is -1.02. The van der Waals surface area contributed by atoms with Gasteiger partial charge in [0.25, 0.3) is 0 Å². The second-order valence-electron chi connectivity index (χ2n) is 18.6. The van der Waals surface area contributed by atoms with E-state index < -0.39 is 61.4 Å². The van der Waals surface area contributed by atoms with Crippen LogP contribution in [0.4, 0.5) is 0 Å². The minimum absolute atomic E-state index is 0.0294. The fourth-order valence-corrected chi connectivity index (χ4v) is 9.25. The first kappa shape index (κ1) is 53.7. The van der Waals surface area contributed by atoms with Crippen molar-refractivity contribution >= 4 is 0 Å². The van der Waals surface area contributed by atoms with Crippen LogP contribution < -0.4 is 0 Å². The Morgan fingerprint density at radius 3 is 0.880 bits per heavy atom. The van der Waals surface area contributed by atoms with Gasteiger partial charge in [0.2, 0.25) is 0 Å². The highest BCUT2D eigenvalue weighted by atomic mass is 16.8. The van der Waals surface area contributed by atoms with E-state index in [-0.39, 0.29) is 52.9 Å². The highest BCUT2D eigenvalue weighted by Crippen LogP contribution is 2.35. The van der Waals surface area contributed by atoms with E-state index in [1.165, 1.54) is 0 Å². The third-order valence-electron chi connectivity index (χ3n) is 13.1. The molecule has 11 heteroatoms. The van der Waals surface area contributed by atoms with Crippen molar-refractivity contribution in [1.29, 1.82) is 0 Å². The third kappa shape index (κ3) is 16.2. The second-order valence-corrected chi connectivity index (χ2v) is 18.6. The number of benzene rings is 7. The quantitative estimate of drug-likeness (QED) is 0.0438. The average Bonchev–Trinajstić information content (AvgIpc) is 3.47. The van der Waals surface area contributed by atoms with Gasteiger partial charge < -0.3 is 52.1 Å². The average molecular weight is 1010 g/mol. The summed E-state index contributed by atoms with van der Waals surface area (Å²) >= 11 is 0. The molecule has 7 aromatic rings. The summed E-state index contributed by atoms with van der Waals surface area (Å²) in [6.07, 6.45) is -6.03. The zero-order valence-corrected chi connectivity index (χ0v) is 42.3. The van der Waals surface area contributed by atoms with E-state index in [0.717, 1.165) is 38.9 Å². The molecule has 2 unspecified atom stereocenters. The van der Waals surface area contributed by atoms with Crippen LogP contribution in [0.2, 0.25) is 0 Å². The van der Waals surface area contributed by atoms with E-state index in [1.54, 1.807) is 6.08 Å². The van der Waals surface area contributed by atoms with Gasteiger partial charge in [-0.15, -0.1) is 6.58 Å². The van der Waals surface area contributed by atoms with Crippen LogP contribution in [0.15, 0.2) is 225 Å². The van der Waals surface area contributed by atoms with Gasteiger partial charge >= 0.3 is 0 Å². The Bertz CT molecular complexity index is 2630. The van der Waals surface area contributed by atoms with Gasteiger partial charge in [-0.25, -0.2) is 0 Å². The Labute approximate surface area is 441 Å². The molecule has 2 heterocycles. The van der Waals surface area contributed by atoms with Crippen LogP contribution >= 0.6 is 0 Å². The largest absolute Gasteiger partial charge is 0.374 e. The lowest BCUT2D eigenvalue weighted by atomic mass is 9.96. The van der Waals surface area contributed by atoms with E-state index in [4.69, 9.17) is 52.1 Å². The molecule has 2 aliphatic rings. The molecule has 11 nitrogen and oxygen atoms in total. The summed E-state index contributed by atoms with van der Waals surface area (Å²) in [6.45, 7) is 6.30. The van der Waals surface area contributed by atoms with Crippen LogP contribution in [0.25, 0.3) is 0 Å².